The Kier molecular flexibility index (Phi) is 4.09. The lowest BCUT2D eigenvalue weighted by Gasteiger charge is -2.25. The molecule has 1 aliphatic rings. The number of hydrogen-bond donors (Lipinski definition) is 3. The van der Waals surface area contributed by atoms with E-state index >= 15 is 0 Å². The Balaban J connectivity index is 1.90. The molecule has 0 amide bonds. The second-order valence-electron chi connectivity index (χ2n) is 5.11. The zero-order valence-corrected chi connectivity index (χ0v) is 10.7. The summed E-state index contributed by atoms with van der Waals surface area (Å²) in [6, 6.07) is 4.84. The highest BCUT2D eigenvalue weighted by atomic mass is 16.3. The Bertz CT molecular complexity index is 408. The standard InChI is InChI=1S/C14H21NO3/c1-15-8-2-3-12(15)13(17)7-5-10-4-6-11(16)9-14(10)18/h4,6,9,12-13,16-18H,2-3,5,7-8H2,1H3/t12-,13+/m0/s1. The van der Waals surface area contributed by atoms with Gasteiger partial charge in [-0.05, 0) is 50.9 Å². The van der Waals surface area contributed by atoms with Gasteiger partial charge in [0.1, 0.15) is 11.5 Å². The largest absolute Gasteiger partial charge is 0.508 e. The first kappa shape index (κ1) is 13.2. The molecule has 3 N–H and O–H groups in total. The second-order valence-corrected chi connectivity index (χ2v) is 5.11. The van der Waals surface area contributed by atoms with E-state index in [2.05, 4.69) is 4.90 Å². The molecule has 4 heteroatoms. The first-order chi connectivity index (χ1) is 8.58. The summed E-state index contributed by atoms with van der Waals surface area (Å²) in [4.78, 5) is 2.20. The maximum absolute atomic E-state index is 10.2. The summed E-state index contributed by atoms with van der Waals surface area (Å²) in [7, 11) is 2.04. The molecule has 2 atom stereocenters. The smallest absolute Gasteiger partial charge is 0.122 e. The SMILES string of the molecule is CN1CCC[C@H]1[C@H](O)CCc1ccc(O)cc1O. The fourth-order valence-electron chi connectivity index (χ4n) is 2.68. The molecule has 0 radical (unpaired) electrons. The average molecular weight is 251 g/mol. The summed E-state index contributed by atoms with van der Waals surface area (Å²) in [6.45, 7) is 1.05. The van der Waals surface area contributed by atoms with Gasteiger partial charge in [-0.15, -0.1) is 0 Å². The molecule has 0 aromatic heterocycles. The van der Waals surface area contributed by atoms with Gasteiger partial charge in [0.2, 0.25) is 0 Å². The monoisotopic (exact) mass is 251 g/mol. The third kappa shape index (κ3) is 2.94. The lowest BCUT2D eigenvalue weighted by Crippen LogP contribution is -2.36. The molecule has 1 aromatic rings. The maximum atomic E-state index is 10.2. The van der Waals surface area contributed by atoms with Gasteiger partial charge < -0.3 is 20.2 Å². The minimum Gasteiger partial charge on any atom is -0.508 e. The molecule has 100 valence electrons. The van der Waals surface area contributed by atoms with Gasteiger partial charge in [-0.1, -0.05) is 6.07 Å². The normalized spacial score (nSPS) is 22.2. The number of likely N-dealkylation sites (tertiary alicyclic amines) is 1. The van der Waals surface area contributed by atoms with Crippen molar-refractivity contribution in [2.75, 3.05) is 13.6 Å². The highest BCUT2D eigenvalue weighted by molar-refractivity contribution is 5.38. The van der Waals surface area contributed by atoms with Gasteiger partial charge in [0, 0.05) is 12.1 Å². The van der Waals surface area contributed by atoms with Crippen molar-refractivity contribution in [3.8, 4) is 11.5 Å². The fourth-order valence-corrected chi connectivity index (χ4v) is 2.68. The molecule has 1 saturated heterocycles. The van der Waals surface area contributed by atoms with E-state index in [4.69, 9.17) is 0 Å². The molecule has 1 heterocycles. The summed E-state index contributed by atoms with van der Waals surface area (Å²) in [6.07, 6.45) is 3.08. The molecule has 4 nitrogen and oxygen atoms in total. The van der Waals surface area contributed by atoms with Gasteiger partial charge in [-0.3, -0.25) is 0 Å². The topological polar surface area (TPSA) is 63.9 Å². The van der Waals surface area contributed by atoms with Crippen LogP contribution in [0.1, 0.15) is 24.8 Å². The van der Waals surface area contributed by atoms with Crippen molar-refractivity contribution >= 4 is 0 Å². The molecule has 0 spiro atoms. The second kappa shape index (κ2) is 5.59. The summed E-state index contributed by atoms with van der Waals surface area (Å²) >= 11 is 0. The van der Waals surface area contributed by atoms with E-state index in [1.807, 2.05) is 7.05 Å². The summed E-state index contributed by atoms with van der Waals surface area (Å²) < 4.78 is 0. The van der Waals surface area contributed by atoms with Crippen LogP contribution in [0.4, 0.5) is 0 Å². The first-order valence-electron chi connectivity index (χ1n) is 6.47. The number of likely N-dealkylation sites (N-methyl/N-ethyl adjacent to an activating group) is 1. The average Bonchev–Trinajstić information content (AvgIpc) is 2.74. The van der Waals surface area contributed by atoms with E-state index in [1.54, 1.807) is 12.1 Å². The van der Waals surface area contributed by atoms with Crippen molar-refractivity contribution in [2.45, 2.75) is 37.8 Å². The van der Waals surface area contributed by atoms with Gasteiger partial charge in [-0.2, -0.15) is 0 Å². The van der Waals surface area contributed by atoms with Crippen molar-refractivity contribution in [1.29, 1.82) is 0 Å². The number of aryl methyl sites for hydroxylation is 1. The van der Waals surface area contributed by atoms with E-state index in [9.17, 15) is 15.3 Å². The number of aliphatic hydroxyl groups is 1. The number of phenolic OH excluding ortho intramolecular Hbond substituents is 2. The molecule has 0 saturated carbocycles. The van der Waals surface area contributed by atoms with E-state index in [-0.39, 0.29) is 23.6 Å². The Hall–Kier alpha value is -1.26. The molecule has 1 fully saturated rings. The predicted octanol–water partition coefficient (Wildman–Crippen LogP) is 1.49. The third-order valence-electron chi connectivity index (χ3n) is 3.80. The van der Waals surface area contributed by atoms with Gasteiger partial charge in [0.05, 0.1) is 6.10 Å². The molecule has 1 aromatic carbocycles. The summed E-state index contributed by atoms with van der Waals surface area (Å²) in [5.41, 5.74) is 0.771. The number of nitrogens with zero attached hydrogens (tertiary/aromatic N) is 1. The zero-order valence-electron chi connectivity index (χ0n) is 10.7. The molecular weight excluding hydrogens is 230 g/mol. The Labute approximate surface area is 107 Å². The number of hydrogen-bond acceptors (Lipinski definition) is 4. The molecule has 0 unspecified atom stereocenters. The van der Waals surface area contributed by atoms with Crippen LogP contribution < -0.4 is 0 Å². The van der Waals surface area contributed by atoms with Gasteiger partial charge in [-0.25, -0.2) is 0 Å². The Morgan fingerprint density at radius 3 is 2.78 bits per heavy atom. The van der Waals surface area contributed by atoms with Crippen molar-refractivity contribution in [3.05, 3.63) is 23.8 Å². The number of phenols is 2. The Morgan fingerprint density at radius 2 is 2.17 bits per heavy atom. The quantitative estimate of drug-likeness (QED) is 0.758. The maximum Gasteiger partial charge on any atom is 0.122 e. The van der Waals surface area contributed by atoms with Crippen LogP contribution in [0.3, 0.4) is 0 Å². The van der Waals surface area contributed by atoms with Crippen molar-refractivity contribution in [1.82, 2.24) is 4.90 Å². The predicted molar refractivity (Wildman–Crippen MR) is 69.8 cm³/mol. The van der Waals surface area contributed by atoms with Crippen molar-refractivity contribution < 1.29 is 15.3 Å². The molecule has 1 aliphatic heterocycles. The van der Waals surface area contributed by atoms with E-state index in [0.29, 0.717) is 12.8 Å². The highest BCUT2D eigenvalue weighted by Gasteiger charge is 2.27. The number of rotatable bonds is 4. The molecular formula is C14H21NO3. The number of benzene rings is 1. The Morgan fingerprint density at radius 1 is 1.39 bits per heavy atom. The van der Waals surface area contributed by atoms with Gasteiger partial charge in [0.25, 0.3) is 0 Å². The van der Waals surface area contributed by atoms with Gasteiger partial charge >= 0.3 is 0 Å². The zero-order chi connectivity index (χ0) is 13.1. The van der Waals surface area contributed by atoms with Crippen molar-refractivity contribution in [2.24, 2.45) is 0 Å². The summed E-state index contributed by atoms with van der Waals surface area (Å²) in [5, 5.41) is 29.0. The van der Waals surface area contributed by atoms with Crippen LogP contribution >= 0.6 is 0 Å². The van der Waals surface area contributed by atoms with Crippen LogP contribution in [0, 0.1) is 0 Å². The van der Waals surface area contributed by atoms with E-state index in [1.165, 1.54) is 6.07 Å². The number of aliphatic hydroxyl groups excluding tert-OH is 1. The molecule has 18 heavy (non-hydrogen) atoms. The van der Waals surface area contributed by atoms with Crippen molar-refractivity contribution in [3.63, 3.8) is 0 Å². The lowest BCUT2D eigenvalue weighted by atomic mass is 10.00. The fraction of sp³-hybridized carbons (Fsp3) is 0.571. The van der Waals surface area contributed by atoms with Crippen LogP contribution in [0.25, 0.3) is 0 Å². The minimum absolute atomic E-state index is 0.0623. The third-order valence-corrected chi connectivity index (χ3v) is 3.80. The molecule has 0 bridgehead atoms. The minimum atomic E-state index is -0.356. The van der Waals surface area contributed by atoms with Crippen LogP contribution in [0.5, 0.6) is 11.5 Å². The summed E-state index contributed by atoms with van der Waals surface area (Å²) in [5.74, 6) is 0.161. The number of aromatic hydroxyl groups is 2. The van der Waals surface area contributed by atoms with Gasteiger partial charge in [0.15, 0.2) is 0 Å². The first-order valence-corrected chi connectivity index (χ1v) is 6.47. The highest BCUT2D eigenvalue weighted by Crippen LogP contribution is 2.26. The van der Waals surface area contributed by atoms with Crippen LogP contribution in [-0.4, -0.2) is 46.0 Å². The van der Waals surface area contributed by atoms with Crippen LogP contribution in [0.2, 0.25) is 0 Å². The van der Waals surface area contributed by atoms with E-state index in [0.717, 1.165) is 24.9 Å². The van der Waals surface area contributed by atoms with Crippen LogP contribution in [-0.2, 0) is 6.42 Å². The molecule has 2 rings (SSSR count). The molecule has 0 aliphatic carbocycles. The van der Waals surface area contributed by atoms with E-state index < -0.39 is 0 Å². The van der Waals surface area contributed by atoms with Crippen LogP contribution in [0.15, 0.2) is 18.2 Å². The lowest BCUT2D eigenvalue weighted by molar-refractivity contribution is 0.0787.